The molecule has 3 N–H and O–H groups in total. The predicted molar refractivity (Wildman–Crippen MR) is 61.8 cm³/mol. The Balaban J connectivity index is 0.00000169. The zero-order chi connectivity index (χ0) is 9.68. The summed E-state index contributed by atoms with van der Waals surface area (Å²) in [6.07, 6.45) is 0.870. The average Bonchev–Trinajstić information content (AvgIpc) is 2.14. The quantitative estimate of drug-likeness (QED) is 0.800. The fourth-order valence-electron chi connectivity index (χ4n) is 1.39. The number of aliphatic hydroxyl groups excluding tert-OH is 1. The van der Waals surface area contributed by atoms with Crippen molar-refractivity contribution in [2.75, 3.05) is 13.2 Å². The van der Waals surface area contributed by atoms with Crippen LogP contribution in [0.4, 0.5) is 0 Å². The molecule has 1 aromatic carbocycles. The van der Waals surface area contributed by atoms with Crippen LogP contribution in [0.5, 0.6) is 0 Å². The lowest BCUT2D eigenvalue weighted by atomic mass is 9.99. The third-order valence-corrected chi connectivity index (χ3v) is 2.20. The largest absolute Gasteiger partial charge is 0.396 e. The van der Waals surface area contributed by atoms with E-state index < -0.39 is 0 Å². The summed E-state index contributed by atoms with van der Waals surface area (Å²) >= 11 is 0. The van der Waals surface area contributed by atoms with E-state index in [9.17, 15) is 0 Å². The zero-order valence-electron chi connectivity index (χ0n) is 8.44. The predicted octanol–water partition coefficient (Wildman–Crippen LogP) is 1.53. The SMILES string of the molecule is Cc1cccc(CC(CN)CO)c1.Cl. The van der Waals surface area contributed by atoms with Gasteiger partial charge in [0.2, 0.25) is 0 Å². The van der Waals surface area contributed by atoms with Crippen molar-refractivity contribution in [1.82, 2.24) is 0 Å². The topological polar surface area (TPSA) is 46.2 Å². The maximum Gasteiger partial charge on any atom is 0.0474 e. The second kappa shape index (κ2) is 6.82. The van der Waals surface area contributed by atoms with Gasteiger partial charge in [-0.15, -0.1) is 12.4 Å². The first-order chi connectivity index (χ1) is 6.26. The molecule has 1 atom stereocenters. The van der Waals surface area contributed by atoms with E-state index in [1.54, 1.807) is 0 Å². The highest BCUT2D eigenvalue weighted by molar-refractivity contribution is 5.85. The molecule has 2 nitrogen and oxygen atoms in total. The van der Waals surface area contributed by atoms with E-state index in [-0.39, 0.29) is 24.9 Å². The fraction of sp³-hybridized carbons (Fsp3) is 0.455. The third-order valence-electron chi connectivity index (χ3n) is 2.20. The number of hydrogen-bond donors (Lipinski definition) is 2. The molecule has 0 heterocycles. The fourth-order valence-corrected chi connectivity index (χ4v) is 1.39. The molecule has 0 aromatic heterocycles. The molecule has 0 radical (unpaired) electrons. The van der Waals surface area contributed by atoms with Crippen LogP contribution in [0, 0.1) is 12.8 Å². The molecule has 1 unspecified atom stereocenters. The number of halogens is 1. The van der Waals surface area contributed by atoms with Crippen molar-refractivity contribution in [3.63, 3.8) is 0 Å². The van der Waals surface area contributed by atoms with E-state index in [1.165, 1.54) is 11.1 Å². The van der Waals surface area contributed by atoms with Gasteiger partial charge < -0.3 is 10.8 Å². The summed E-state index contributed by atoms with van der Waals surface area (Å²) in [6.45, 7) is 2.79. The van der Waals surface area contributed by atoms with Crippen molar-refractivity contribution in [2.45, 2.75) is 13.3 Å². The standard InChI is InChI=1S/C11H17NO.ClH/c1-9-3-2-4-10(5-9)6-11(7-12)8-13;/h2-5,11,13H,6-8,12H2,1H3;1H. The van der Waals surface area contributed by atoms with Crippen LogP contribution in [0.2, 0.25) is 0 Å². The smallest absolute Gasteiger partial charge is 0.0474 e. The van der Waals surface area contributed by atoms with Gasteiger partial charge in [-0.1, -0.05) is 29.8 Å². The van der Waals surface area contributed by atoms with E-state index >= 15 is 0 Å². The van der Waals surface area contributed by atoms with Crippen molar-refractivity contribution in [3.05, 3.63) is 35.4 Å². The van der Waals surface area contributed by atoms with Gasteiger partial charge in [0.15, 0.2) is 0 Å². The molecule has 80 valence electrons. The number of aliphatic hydroxyl groups is 1. The molecule has 0 saturated heterocycles. The Hall–Kier alpha value is -0.570. The number of aryl methyl sites for hydroxylation is 1. The van der Waals surface area contributed by atoms with Crippen molar-refractivity contribution in [3.8, 4) is 0 Å². The second-order valence-corrected chi connectivity index (χ2v) is 3.48. The highest BCUT2D eigenvalue weighted by atomic mass is 35.5. The first-order valence-electron chi connectivity index (χ1n) is 4.62. The van der Waals surface area contributed by atoms with Gasteiger partial charge in [-0.2, -0.15) is 0 Å². The molecule has 14 heavy (non-hydrogen) atoms. The van der Waals surface area contributed by atoms with Crippen LogP contribution in [-0.4, -0.2) is 18.3 Å². The van der Waals surface area contributed by atoms with Gasteiger partial charge in [0.25, 0.3) is 0 Å². The second-order valence-electron chi connectivity index (χ2n) is 3.48. The Labute approximate surface area is 91.5 Å². The maximum absolute atomic E-state index is 8.98. The third kappa shape index (κ3) is 4.09. The lowest BCUT2D eigenvalue weighted by Crippen LogP contribution is -2.20. The summed E-state index contributed by atoms with van der Waals surface area (Å²) in [6, 6.07) is 8.32. The highest BCUT2D eigenvalue weighted by Gasteiger charge is 2.05. The van der Waals surface area contributed by atoms with E-state index in [2.05, 4.69) is 25.1 Å². The van der Waals surface area contributed by atoms with Crippen LogP contribution in [0.25, 0.3) is 0 Å². The molecule has 0 bridgehead atoms. The van der Waals surface area contributed by atoms with Gasteiger partial charge in [0, 0.05) is 6.61 Å². The van der Waals surface area contributed by atoms with Gasteiger partial charge >= 0.3 is 0 Å². The maximum atomic E-state index is 8.98. The molecular formula is C11H18ClNO. The monoisotopic (exact) mass is 215 g/mol. The number of nitrogens with two attached hydrogens (primary N) is 1. The molecule has 0 aliphatic rings. The highest BCUT2D eigenvalue weighted by Crippen LogP contribution is 2.09. The lowest BCUT2D eigenvalue weighted by Gasteiger charge is -2.11. The van der Waals surface area contributed by atoms with Gasteiger partial charge in [-0.25, -0.2) is 0 Å². The number of rotatable bonds is 4. The van der Waals surface area contributed by atoms with Crippen molar-refractivity contribution in [2.24, 2.45) is 11.7 Å². The number of hydrogen-bond acceptors (Lipinski definition) is 2. The molecule has 0 fully saturated rings. The van der Waals surface area contributed by atoms with E-state index in [0.717, 1.165) is 6.42 Å². The van der Waals surface area contributed by atoms with Gasteiger partial charge in [0.05, 0.1) is 0 Å². The van der Waals surface area contributed by atoms with Gasteiger partial charge in [0.1, 0.15) is 0 Å². The molecule has 1 rings (SSSR count). The molecule has 0 amide bonds. The Morgan fingerprint density at radius 1 is 1.43 bits per heavy atom. The van der Waals surface area contributed by atoms with Crippen LogP contribution in [0.3, 0.4) is 0 Å². The molecule has 3 heteroatoms. The minimum absolute atomic E-state index is 0. The summed E-state index contributed by atoms with van der Waals surface area (Å²) in [4.78, 5) is 0. The molecule has 0 aliphatic heterocycles. The summed E-state index contributed by atoms with van der Waals surface area (Å²) < 4.78 is 0. The van der Waals surface area contributed by atoms with Crippen LogP contribution in [0.1, 0.15) is 11.1 Å². The first kappa shape index (κ1) is 13.4. The van der Waals surface area contributed by atoms with Crippen molar-refractivity contribution in [1.29, 1.82) is 0 Å². The molecular weight excluding hydrogens is 198 g/mol. The molecule has 0 spiro atoms. The first-order valence-corrected chi connectivity index (χ1v) is 4.62. The summed E-state index contributed by atoms with van der Waals surface area (Å²) in [5.74, 6) is 0.196. The van der Waals surface area contributed by atoms with Gasteiger partial charge in [-0.3, -0.25) is 0 Å². The summed E-state index contributed by atoms with van der Waals surface area (Å²) in [5, 5.41) is 8.98. The van der Waals surface area contributed by atoms with E-state index in [4.69, 9.17) is 10.8 Å². The summed E-state index contributed by atoms with van der Waals surface area (Å²) in [5.41, 5.74) is 8.02. The summed E-state index contributed by atoms with van der Waals surface area (Å²) in [7, 11) is 0. The molecule has 1 aromatic rings. The van der Waals surface area contributed by atoms with Crippen LogP contribution >= 0.6 is 12.4 Å². The molecule has 0 saturated carbocycles. The van der Waals surface area contributed by atoms with Crippen LogP contribution in [0.15, 0.2) is 24.3 Å². The Bertz CT molecular complexity index is 261. The minimum Gasteiger partial charge on any atom is -0.396 e. The van der Waals surface area contributed by atoms with E-state index in [1.807, 2.05) is 6.07 Å². The Morgan fingerprint density at radius 3 is 2.64 bits per heavy atom. The minimum atomic E-state index is 0. The van der Waals surface area contributed by atoms with E-state index in [0.29, 0.717) is 6.54 Å². The van der Waals surface area contributed by atoms with Crippen LogP contribution < -0.4 is 5.73 Å². The normalized spacial score (nSPS) is 11.9. The van der Waals surface area contributed by atoms with Crippen LogP contribution in [-0.2, 0) is 6.42 Å². The Morgan fingerprint density at radius 2 is 2.14 bits per heavy atom. The van der Waals surface area contributed by atoms with Crippen molar-refractivity contribution >= 4 is 12.4 Å². The average molecular weight is 216 g/mol. The van der Waals surface area contributed by atoms with Crippen molar-refractivity contribution < 1.29 is 5.11 Å². The lowest BCUT2D eigenvalue weighted by molar-refractivity contribution is 0.230. The molecule has 0 aliphatic carbocycles. The zero-order valence-corrected chi connectivity index (χ0v) is 9.26. The van der Waals surface area contributed by atoms with Gasteiger partial charge in [-0.05, 0) is 31.4 Å². The Kier molecular flexibility index (Phi) is 6.54. The number of benzene rings is 1.